The van der Waals surface area contributed by atoms with E-state index >= 15 is 0 Å². The molecule has 1 N–H and O–H groups in total. The van der Waals surface area contributed by atoms with Gasteiger partial charge in [-0.05, 0) is 6.07 Å². The van der Waals surface area contributed by atoms with Crippen molar-refractivity contribution >= 4 is 15.9 Å². The van der Waals surface area contributed by atoms with E-state index in [-0.39, 0.29) is 0 Å². The number of nitrogens with one attached hydrogen (secondary N) is 1. The number of benzene rings is 1. The van der Waals surface area contributed by atoms with Crippen LogP contribution in [0.1, 0.15) is 5.82 Å². The Balaban J connectivity index is 2.00. The molecule has 18 heavy (non-hydrogen) atoms. The first-order valence-corrected chi connectivity index (χ1v) is 6.34. The van der Waals surface area contributed by atoms with Crippen LogP contribution in [0.5, 0.6) is 0 Å². The molecule has 0 unspecified atom stereocenters. The first-order valence-electron chi connectivity index (χ1n) is 5.54. The third-order valence-electron chi connectivity index (χ3n) is 3.10. The Morgan fingerprint density at radius 2 is 2.17 bits per heavy atom. The molecule has 1 saturated heterocycles. The monoisotopic (exact) mass is 303 g/mol. The van der Waals surface area contributed by atoms with Gasteiger partial charge in [0, 0.05) is 10.0 Å². The van der Waals surface area contributed by atoms with Crippen molar-refractivity contribution in [3.63, 3.8) is 0 Å². The molecule has 1 fully saturated rings. The van der Waals surface area contributed by atoms with Crippen molar-refractivity contribution < 1.29 is 4.74 Å². The maximum absolute atomic E-state index is 9.23. The number of hydrogen-bond donors (Lipinski definition) is 1. The molecule has 0 spiro atoms. The van der Waals surface area contributed by atoms with Gasteiger partial charge in [0.05, 0.1) is 31.2 Å². The summed E-state index contributed by atoms with van der Waals surface area (Å²) in [7, 11) is 0. The van der Waals surface area contributed by atoms with Crippen LogP contribution in [0.25, 0.3) is 11.3 Å². The highest BCUT2D eigenvalue weighted by Crippen LogP contribution is 2.32. The van der Waals surface area contributed by atoms with Crippen LogP contribution in [0.15, 0.2) is 34.9 Å². The Hall–Kier alpha value is -1.64. The van der Waals surface area contributed by atoms with E-state index < -0.39 is 5.41 Å². The third-order valence-corrected chi connectivity index (χ3v) is 3.80. The van der Waals surface area contributed by atoms with Gasteiger partial charge in [0.25, 0.3) is 0 Å². The molecule has 1 aromatic carbocycles. The van der Waals surface area contributed by atoms with E-state index in [4.69, 9.17) is 4.74 Å². The van der Waals surface area contributed by atoms with Crippen LogP contribution in [0.2, 0.25) is 0 Å². The number of rotatable bonds is 2. The van der Waals surface area contributed by atoms with Crippen LogP contribution in [-0.4, -0.2) is 23.2 Å². The molecule has 1 aliphatic rings. The lowest BCUT2D eigenvalue weighted by atomic mass is 9.87. The van der Waals surface area contributed by atoms with Crippen LogP contribution < -0.4 is 0 Å². The number of aromatic amines is 1. The predicted octanol–water partition coefficient (Wildman–Crippen LogP) is 2.63. The number of hydrogen-bond acceptors (Lipinski definition) is 3. The van der Waals surface area contributed by atoms with E-state index in [1.807, 2.05) is 24.3 Å². The van der Waals surface area contributed by atoms with E-state index in [1.54, 1.807) is 6.20 Å². The molecular formula is C13H10BrN3O. The molecule has 0 amide bonds. The summed E-state index contributed by atoms with van der Waals surface area (Å²) < 4.78 is 6.13. The summed E-state index contributed by atoms with van der Waals surface area (Å²) in [5, 5.41) is 9.23. The molecule has 3 rings (SSSR count). The fraction of sp³-hybridized carbons (Fsp3) is 0.231. The van der Waals surface area contributed by atoms with Gasteiger partial charge in [-0.25, -0.2) is 4.98 Å². The number of imidazole rings is 1. The molecular weight excluding hydrogens is 294 g/mol. The minimum Gasteiger partial charge on any atom is -0.377 e. The van der Waals surface area contributed by atoms with Gasteiger partial charge in [-0.15, -0.1) is 0 Å². The molecule has 5 heteroatoms. The summed E-state index contributed by atoms with van der Waals surface area (Å²) in [5.41, 5.74) is 1.34. The van der Waals surface area contributed by atoms with Gasteiger partial charge < -0.3 is 9.72 Å². The molecule has 90 valence electrons. The molecule has 2 aromatic rings. The van der Waals surface area contributed by atoms with Crippen molar-refractivity contribution in [2.45, 2.75) is 5.41 Å². The molecule has 0 atom stereocenters. The fourth-order valence-corrected chi connectivity index (χ4v) is 2.44. The standard InChI is InChI=1S/C13H10BrN3O/c14-10-4-2-1-3-9(10)11-5-16-12(17-11)13(6-15)7-18-8-13/h1-5H,7-8H2,(H,16,17). The van der Waals surface area contributed by atoms with Crippen molar-refractivity contribution in [2.24, 2.45) is 0 Å². The maximum atomic E-state index is 9.23. The summed E-state index contributed by atoms with van der Waals surface area (Å²) in [6, 6.07) is 10.2. The van der Waals surface area contributed by atoms with Gasteiger partial charge in [-0.2, -0.15) is 5.26 Å². The van der Waals surface area contributed by atoms with E-state index in [9.17, 15) is 5.26 Å². The fourth-order valence-electron chi connectivity index (χ4n) is 1.94. The zero-order chi connectivity index (χ0) is 12.6. The minimum absolute atomic E-state index is 0.409. The first kappa shape index (κ1) is 11.5. The van der Waals surface area contributed by atoms with Crippen molar-refractivity contribution in [1.82, 2.24) is 9.97 Å². The highest BCUT2D eigenvalue weighted by molar-refractivity contribution is 9.10. The van der Waals surface area contributed by atoms with E-state index in [2.05, 4.69) is 32.0 Å². The van der Waals surface area contributed by atoms with Gasteiger partial charge in [-0.3, -0.25) is 0 Å². The zero-order valence-electron chi connectivity index (χ0n) is 9.48. The highest BCUT2D eigenvalue weighted by Gasteiger charge is 2.43. The number of nitrogens with zero attached hydrogens (tertiary/aromatic N) is 2. The Kier molecular flexibility index (Phi) is 2.69. The Labute approximate surface area is 113 Å². The Morgan fingerprint density at radius 3 is 2.78 bits per heavy atom. The van der Waals surface area contributed by atoms with Gasteiger partial charge in [0.15, 0.2) is 5.41 Å². The normalized spacial score (nSPS) is 16.9. The average molecular weight is 304 g/mol. The number of aromatic nitrogens is 2. The smallest absolute Gasteiger partial charge is 0.161 e. The van der Waals surface area contributed by atoms with Gasteiger partial charge in [-0.1, -0.05) is 34.1 Å². The molecule has 0 radical (unpaired) electrons. The molecule has 1 aliphatic heterocycles. The van der Waals surface area contributed by atoms with Gasteiger partial charge in [0.1, 0.15) is 5.82 Å². The molecule has 0 bridgehead atoms. The van der Waals surface area contributed by atoms with Gasteiger partial charge in [0.2, 0.25) is 0 Å². The van der Waals surface area contributed by atoms with Crippen molar-refractivity contribution in [3.8, 4) is 17.3 Å². The molecule has 4 nitrogen and oxygen atoms in total. The second-order valence-electron chi connectivity index (χ2n) is 4.31. The quantitative estimate of drug-likeness (QED) is 0.927. The largest absolute Gasteiger partial charge is 0.377 e. The second kappa shape index (κ2) is 4.23. The molecule has 2 heterocycles. The van der Waals surface area contributed by atoms with Crippen LogP contribution in [-0.2, 0) is 10.2 Å². The number of halogens is 1. The maximum Gasteiger partial charge on any atom is 0.161 e. The molecule has 0 aliphatic carbocycles. The summed E-state index contributed by atoms with van der Waals surface area (Å²) in [5.74, 6) is 0.682. The lowest BCUT2D eigenvalue weighted by Gasteiger charge is -2.32. The van der Waals surface area contributed by atoms with Gasteiger partial charge >= 0.3 is 0 Å². The molecule has 0 saturated carbocycles. The SMILES string of the molecule is N#CC1(c2ncc(-c3ccccc3Br)[nH]2)COC1. The number of ether oxygens (including phenoxy) is 1. The Bertz CT molecular complexity index is 625. The van der Waals surface area contributed by atoms with E-state index in [0.29, 0.717) is 19.0 Å². The van der Waals surface area contributed by atoms with Crippen LogP contribution in [0.4, 0.5) is 0 Å². The average Bonchev–Trinajstić information content (AvgIpc) is 2.79. The van der Waals surface area contributed by atoms with Crippen molar-refractivity contribution in [1.29, 1.82) is 5.26 Å². The molecule has 1 aromatic heterocycles. The highest BCUT2D eigenvalue weighted by atomic mass is 79.9. The van der Waals surface area contributed by atoms with Crippen molar-refractivity contribution in [2.75, 3.05) is 13.2 Å². The lowest BCUT2D eigenvalue weighted by Crippen LogP contribution is -2.46. The third kappa shape index (κ3) is 1.65. The summed E-state index contributed by atoms with van der Waals surface area (Å²) >= 11 is 3.50. The van der Waals surface area contributed by atoms with E-state index in [0.717, 1.165) is 15.7 Å². The predicted molar refractivity (Wildman–Crippen MR) is 69.8 cm³/mol. The topological polar surface area (TPSA) is 61.7 Å². The van der Waals surface area contributed by atoms with Crippen molar-refractivity contribution in [3.05, 3.63) is 40.8 Å². The summed E-state index contributed by atoms with van der Waals surface area (Å²) in [6.45, 7) is 0.818. The summed E-state index contributed by atoms with van der Waals surface area (Å²) in [4.78, 5) is 7.54. The lowest BCUT2D eigenvalue weighted by molar-refractivity contribution is -0.0335. The van der Waals surface area contributed by atoms with Crippen LogP contribution >= 0.6 is 15.9 Å². The zero-order valence-corrected chi connectivity index (χ0v) is 11.1. The second-order valence-corrected chi connectivity index (χ2v) is 5.17. The number of nitriles is 1. The van der Waals surface area contributed by atoms with E-state index in [1.165, 1.54) is 0 Å². The Morgan fingerprint density at radius 1 is 1.39 bits per heavy atom. The first-order chi connectivity index (χ1) is 8.75. The van der Waals surface area contributed by atoms with Crippen LogP contribution in [0.3, 0.4) is 0 Å². The summed E-state index contributed by atoms with van der Waals surface area (Å²) in [6.07, 6.45) is 1.76. The minimum atomic E-state index is -0.598. The number of H-pyrrole nitrogens is 1. The van der Waals surface area contributed by atoms with Crippen LogP contribution in [0, 0.1) is 11.3 Å².